The normalized spacial score (nSPS) is 10.4. The molecule has 0 atom stereocenters. The van der Waals surface area contributed by atoms with E-state index in [-0.39, 0.29) is 11.4 Å². The van der Waals surface area contributed by atoms with Gasteiger partial charge in [-0.15, -0.1) is 0 Å². The van der Waals surface area contributed by atoms with Crippen LogP contribution in [0.2, 0.25) is 0 Å². The molecule has 0 aliphatic heterocycles. The van der Waals surface area contributed by atoms with Crippen LogP contribution in [0.1, 0.15) is 10.5 Å². The van der Waals surface area contributed by atoms with Gasteiger partial charge in [-0.25, -0.2) is 14.8 Å². The van der Waals surface area contributed by atoms with Gasteiger partial charge in [0.2, 0.25) is 0 Å². The zero-order valence-corrected chi connectivity index (χ0v) is 9.81. The van der Waals surface area contributed by atoms with Crippen LogP contribution in [0.4, 0.5) is 5.69 Å². The number of carboxylic acid groups (broad SMARTS) is 1. The first-order chi connectivity index (χ1) is 8.08. The van der Waals surface area contributed by atoms with E-state index in [1.54, 1.807) is 18.5 Å². The van der Waals surface area contributed by atoms with Gasteiger partial charge in [-0.1, -0.05) is 0 Å². The van der Waals surface area contributed by atoms with Crippen LogP contribution in [0.15, 0.2) is 34.7 Å². The molecule has 2 rings (SSSR count). The number of carbonyl (C=O) groups is 1. The number of imidazole rings is 1. The van der Waals surface area contributed by atoms with Crippen molar-refractivity contribution >= 4 is 23.4 Å². The van der Waals surface area contributed by atoms with Crippen molar-refractivity contribution in [2.75, 3.05) is 5.73 Å². The second-order valence-electron chi connectivity index (χ2n) is 3.32. The average Bonchev–Trinajstić information content (AvgIpc) is 2.67. The van der Waals surface area contributed by atoms with Gasteiger partial charge in [0.15, 0.2) is 10.9 Å². The largest absolute Gasteiger partial charge is 0.476 e. The topological polar surface area (TPSA) is 94.0 Å². The Balaban J connectivity index is 2.32. The number of aromatic nitrogens is 3. The van der Waals surface area contributed by atoms with Crippen LogP contribution in [-0.2, 0) is 7.05 Å². The number of aryl methyl sites for hydroxylation is 1. The third kappa shape index (κ3) is 2.39. The molecule has 6 nitrogen and oxygen atoms in total. The van der Waals surface area contributed by atoms with E-state index in [1.165, 1.54) is 17.8 Å². The molecule has 0 unspecified atom stereocenters. The van der Waals surface area contributed by atoms with Crippen LogP contribution < -0.4 is 5.73 Å². The number of hydrogen-bond donors (Lipinski definition) is 2. The molecule has 7 heteroatoms. The average molecular weight is 250 g/mol. The molecule has 0 saturated heterocycles. The fraction of sp³-hybridized carbons (Fsp3) is 0.100. The number of rotatable bonds is 3. The summed E-state index contributed by atoms with van der Waals surface area (Å²) in [6, 6.07) is 3.20. The van der Waals surface area contributed by atoms with Crippen LogP contribution in [-0.4, -0.2) is 25.6 Å². The minimum absolute atomic E-state index is 0.135. The Kier molecular flexibility index (Phi) is 3.01. The molecule has 88 valence electrons. The lowest BCUT2D eigenvalue weighted by atomic mass is 10.3. The van der Waals surface area contributed by atoms with Crippen molar-refractivity contribution in [3.8, 4) is 0 Å². The monoisotopic (exact) mass is 250 g/mol. The van der Waals surface area contributed by atoms with Crippen molar-refractivity contribution in [1.29, 1.82) is 0 Å². The van der Waals surface area contributed by atoms with Gasteiger partial charge in [0.1, 0.15) is 5.03 Å². The van der Waals surface area contributed by atoms with Crippen molar-refractivity contribution in [3.05, 3.63) is 30.2 Å². The number of carboxylic acids is 1. The summed E-state index contributed by atoms with van der Waals surface area (Å²) in [7, 11) is 1.85. The van der Waals surface area contributed by atoms with Gasteiger partial charge in [0, 0.05) is 19.4 Å². The first-order valence-electron chi connectivity index (χ1n) is 4.73. The Morgan fingerprint density at radius 1 is 1.53 bits per heavy atom. The molecule has 0 aliphatic rings. The molecule has 0 radical (unpaired) electrons. The van der Waals surface area contributed by atoms with Crippen LogP contribution in [0, 0.1) is 0 Å². The predicted molar refractivity (Wildman–Crippen MR) is 62.9 cm³/mol. The van der Waals surface area contributed by atoms with Gasteiger partial charge in [-0.05, 0) is 23.9 Å². The molecule has 2 aromatic heterocycles. The van der Waals surface area contributed by atoms with E-state index in [9.17, 15) is 4.79 Å². The van der Waals surface area contributed by atoms with Gasteiger partial charge >= 0.3 is 5.97 Å². The molecule has 17 heavy (non-hydrogen) atoms. The lowest BCUT2D eigenvalue weighted by Gasteiger charge is -2.04. The first-order valence-corrected chi connectivity index (χ1v) is 5.54. The maximum absolute atomic E-state index is 10.9. The molecule has 2 heterocycles. The Hall–Kier alpha value is -2.02. The summed E-state index contributed by atoms with van der Waals surface area (Å²) in [6.45, 7) is 0. The summed E-state index contributed by atoms with van der Waals surface area (Å²) in [5.74, 6) is -1.13. The number of nitrogen functional groups attached to an aromatic ring is 1. The minimum Gasteiger partial charge on any atom is -0.476 e. The third-order valence-electron chi connectivity index (χ3n) is 2.08. The quantitative estimate of drug-likeness (QED) is 0.851. The smallest absolute Gasteiger partial charge is 0.356 e. The van der Waals surface area contributed by atoms with Crippen molar-refractivity contribution < 1.29 is 9.90 Å². The highest BCUT2D eigenvalue weighted by atomic mass is 32.2. The van der Waals surface area contributed by atoms with Crippen molar-refractivity contribution in [2.24, 2.45) is 7.05 Å². The standard InChI is InChI=1S/C10H10N4O2S/c1-14-5-4-12-10(14)17-7-3-2-6(11)8(13-7)9(15)16/h2-5H,11H2,1H3,(H,15,16). The Bertz CT molecular complexity index is 567. The predicted octanol–water partition coefficient (Wildman–Crippen LogP) is 1.25. The van der Waals surface area contributed by atoms with Gasteiger partial charge in [0.05, 0.1) is 5.69 Å². The summed E-state index contributed by atoms with van der Waals surface area (Å²) >= 11 is 1.28. The second-order valence-corrected chi connectivity index (χ2v) is 4.30. The summed E-state index contributed by atoms with van der Waals surface area (Å²) < 4.78 is 1.82. The van der Waals surface area contributed by atoms with E-state index in [4.69, 9.17) is 10.8 Å². The van der Waals surface area contributed by atoms with Gasteiger partial charge in [-0.2, -0.15) is 0 Å². The molecule has 0 aromatic carbocycles. The zero-order chi connectivity index (χ0) is 12.4. The summed E-state index contributed by atoms with van der Waals surface area (Å²) in [4.78, 5) is 19.0. The molecule has 3 N–H and O–H groups in total. The summed E-state index contributed by atoms with van der Waals surface area (Å²) in [5.41, 5.74) is 5.54. The van der Waals surface area contributed by atoms with Crippen LogP contribution in [0.5, 0.6) is 0 Å². The molecule has 0 fully saturated rings. The molecule has 0 bridgehead atoms. The molecular formula is C10H10N4O2S. The van der Waals surface area contributed by atoms with E-state index in [0.29, 0.717) is 5.03 Å². The second kappa shape index (κ2) is 4.46. The maximum Gasteiger partial charge on any atom is 0.356 e. The number of anilines is 1. The number of nitrogens with two attached hydrogens (primary N) is 1. The SMILES string of the molecule is Cn1ccnc1Sc1ccc(N)c(C(=O)O)n1. The van der Waals surface area contributed by atoms with E-state index in [0.717, 1.165) is 5.16 Å². The maximum atomic E-state index is 10.9. The third-order valence-corrected chi connectivity index (χ3v) is 3.09. The summed E-state index contributed by atoms with van der Waals surface area (Å²) in [6.07, 6.45) is 3.47. The van der Waals surface area contributed by atoms with E-state index in [1.807, 2.05) is 11.6 Å². The van der Waals surface area contributed by atoms with E-state index < -0.39 is 5.97 Å². The van der Waals surface area contributed by atoms with Crippen molar-refractivity contribution in [2.45, 2.75) is 10.2 Å². The van der Waals surface area contributed by atoms with E-state index >= 15 is 0 Å². The molecule has 0 spiro atoms. The number of pyridine rings is 1. The fourth-order valence-corrected chi connectivity index (χ4v) is 2.00. The van der Waals surface area contributed by atoms with Crippen molar-refractivity contribution in [3.63, 3.8) is 0 Å². The Morgan fingerprint density at radius 3 is 2.88 bits per heavy atom. The first kappa shape index (κ1) is 11.5. The molecule has 0 saturated carbocycles. The highest BCUT2D eigenvalue weighted by molar-refractivity contribution is 7.99. The zero-order valence-electron chi connectivity index (χ0n) is 8.99. The van der Waals surface area contributed by atoms with Gasteiger partial charge in [-0.3, -0.25) is 0 Å². The number of hydrogen-bond acceptors (Lipinski definition) is 5. The van der Waals surface area contributed by atoms with Gasteiger partial charge < -0.3 is 15.4 Å². The molecular weight excluding hydrogens is 240 g/mol. The Labute approximate surface area is 101 Å². The number of aromatic carboxylic acids is 1. The lowest BCUT2D eigenvalue weighted by molar-refractivity contribution is 0.0691. The van der Waals surface area contributed by atoms with E-state index in [2.05, 4.69) is 9.97 Å². The Morgan fingerprint density at radius 2 is 2.29 bits per heavy atom. The lowest BCUT2D eigenvalue weighted by Crippen LogP contribution is -2.06. The van der Waals surface area contributed by atoms with Crippen LogP contribution >= 0.6 is 11.8 Å². The molecule has 2 aromatic rings. The highest BCUT2D eigenvalue weighted by Crippen LogP contribution is 2.25. The van der Waals surface area contributed by atoms with Crippen LogP contribution in [0.3, 0.4) is 0 Å². The molecule has 0 amide bonds. The summed E-state index contributed by atoms with van der Waals surface area (Å²) in [5, 5.41) is 10.2. The van der Waals surface area contributed by atoms with Crippen LogP contribution in [0.25, 0.3) is 0 Å². The highest BCUT2D eigenvalue weighted by Gasteiger charge is 2.12. The minimum atomic E-state index is -1.13. The molecule has 0 aliphatic carbocycles. The van der Waals surface area contributed by atoms with Crippen molar-refractivity contribution in [1.82, 2.24) is 14.5 Å². The number of nitrogens with zero attached hydrogens (tertiary/aromatic N) is 3. The fourth-order valence-electron chi connectivity index (χ4n) is 1.22. The van der Waals surface area contributed by atoms with Gasteiger partial charge in [0.25, 0.3) is 0 Å².